The molecule has 15 N–H and O–H groups in total. The van der Waals surface area contributed by atoms with E-state index in [1.807, 2.05) is 6.92 Å². The summed E-state index contributed by atoms with van der Waals surface area (Å²) >= 11 is 0. The zero-order chi connectivity index (χ0) is 77.2. The number of carboxylic acids is 2. The molecule has 3 fully saturated rings. The lowest BCUT2D eigenvalue weighted by atomic mass is 10.00. The molecule has 0 saturated carbocycles. The van der Waals surface area contributed by atoms with E-state index < -0.39 is 151 Å². The number of amides is 13. The number of nitrogens with one attached hydrogen (secondary N) is 11. The van der Waals surface area contributed by atoms with Crippen LogP contribution in [-0.4, -0.2) is 284 Å². The number of ether oxygens (including phenoxy) is 3. The Labute approximate surface area is 618 Å². The van der Waals surface area contributed by atoms with Crippen LogP contribution in [-0.2, 0) is 102 Å². The number of fused-ring (bicyclic) bond motifs is 2. The van der Waals surface area contributed by atoms with Crippen molar-refractivity contribution >= 4 is 94.0 Å². The van der Waals surface area contributed by atoms with Gasteiger partial charge in [-0.3, -0.25) is 67.2 Å². The molecule has 4 aromatic rings. The molecule has 0 unspecified atom stereocenters. The molecule has 0 aliphatic carbocycles. The van der Waals surface area contributed by atoms with Crippen molar-refractivity contribution in [3.05, 3.63) is 101 Å². The second-order valence-electron chi connectivity index (χ2n) is 26.0. The Morgan fingerprint density at radius 3 is 1.96 bits per heavy atom. The third-order valence-corrected chi connectivity index (χ3v) is 18.0. The summed E-state index contributed by atoms with van der Waals surface area (Å²) in [4.78, 5) is 207. The van der Waals surface area contributed by atoms with Gasteiger partial charge in [0.25, 0.3) is 0 Å². The lowest BCUT2D eigenvalue weighted by molar-refractivity contribution is -0.146. The van der Waals surface area contributed by atoms with Crippen molar-refractivity contribution < 1.29 is 91.5 Å². The summed E-state index contributed by atoms with van der Waals surface area (Å²) in [5.74, 6) is -11.9. The van der Waals surface area contributed by atoms with Crippen molar-refractivity contribution in [2.24, 2.45) is 5.73 Å². The SMILES string of the molecule is CCCOCC[C@@H]1NC(=O)[C@H](Cc2ccc(CNC(=O)COCCOCCN)cc2)NC(=O)[C@H](Cc2ccccc2)N(C)C(=O)CNC(=O)CNC(=O)[C@H]2CCCN2C(=O)[C@H](CC(=O)O)NC(=O)[C@H](CCCCNC(=O)N2CCN(CC(=O)O)CC2)NC(=O)CNC(=O)[C@H](Cc2c[nH]c3ncccc23)NC1=O. The number of carbonyl (C=O) groups excluding carboxylic acids is 12. The fraction of sp³-hybridized carbons (Fsp3) is 0.535. The minimum Gasteiger partial charge on any atom is -0.481 e. The molecule has 0 bridgehead atoms. The number of pyridine rings is 1. The molecule has 0 radical (unpaired) electrons. The number of piperazine rings is 1. The summed E-state index contributed by atoms with van der Waals surface area (Å²) < 4.78 is 16.5. The molecule has 36 nitrogen and oxygen atoms in total. The van der Waals surface area contributed by atoms with Gasteiger partial charge in [-0.15, -0.1) is 0 Å². The van der Waals surface area contributed by atoms with E-state index in [9.17, 15) is 63.0 Å². The summed E-state index contributed by atoms with van der Waals surface area (Å²) in [5, 5.41) is 46.2. The molecule has 107 heavy (non-hydrogen) atoms. The van der Waals surface area contributed by atoms with Crippen LogP contribution in [0.2, 0.25) is 0 Å². The molecule has 2 aromatic heterocycles. The molecule has 3 saturated heterocycles. The third-order valence-electron chi connectivity index (χ3n) is 18.0. The number of unbranched alkanes of at least 4 members (excludes halogenated alkanes) is 1. The van der Waals surface area contributed by atoms with Crippen LogP contribution in [0.1, 0.15) is 80.5 Å². The molecule has 2 aromatic carbocycles. The highest BCUT2D eigenvalue weighted by atomic mass is 16.5. The number of aromatic nitrogens is 2. The van der Waals surface area contributed by atoms with E-state index in [1.165, 1.54) is 18.1 Å². The first kappa shape index (κ1) is 83.6. The first-order valence-electron chi connectivity index (χ1n) is 35.8. The van der Waals surface area contributed by atoms with Gasteiger partial charge in [-0.25, -0.2) is 9.78 Å². The van der Waals surface area contributed by atoms with Gasteiger partial charge in [-0.2, -0.15) is 0 Å². The van der Waals surface area contributed by atoms with Crippen molar-refractivity contribution in [2.45, 2.75) is 126 Å². The zero-order valence-electron chi connectivity index (χ0n) is 60.2. The summed E-state index contributed by atoms with van der Waals surface area (Å²) in [7, 11) is 1.32. The van der Waals surface area contributed by atoms with E-state index in [0.29, 0.717) is 65.9 Å². The lowest BCUT2D eigenvalue weighted by Crippen LogP contribution is -2.60. The Hall–Kier alpha value is -10.7. The molecule has 7 atom stereocenters. The minimum atomic E-state index is -1.82. The number of benzene rings is 2. The van der Waals surface area contributed by atoms with Gasteiger partial charge >= 0.3 is 18.0 Å². The number of hydrogen-bond acceptors (Lipinski definition) is 20. The number of H-pyrrole nitrogens is 1. The van der Waals surface area contributed by atoms with E-state index in [-0.39, 0.29) is 130 Å². The van der Waals surface area contributed by atoms with Crippen molar-refractivity contribution in [1.29, 1.82) is 0 Å². The van der Waals surface area contributed by atoms with Gasteiger partial charge in [-0.05, 0) is 79.3 Å². The van der Waals surface area contributed by atoms with E-state index in [4.69, 9.17) is 19.9 Å². The minimum absolute atomic E-state index is 0.0572. The molecule has 5 heterocycles. The monoisotopic (exact) mass is 1490 g/mol. The van der Waals surface area contributed by atoms with Crippen molar-refractivity contribution in [2.75, 3.05) is 119 Å². The lowest BCUT2D eigenvalue weighted by Gasteiger charge is -2.33. The summed E-state index contributed by atoms with van der Waals surface area (Å²) in [6.45, 7) is 1.75. The fourth-order valence-corrected chi connectivity index (χ4v) is 12.2. The highest BCUT2D eigenvalue weighted by Gasteiger charge is 2.40. The van der Waals surface area contributed by atoms with Crippen molar-refractivity contribution in [3.8, 4) is 0 Å². The zero-order valence-corrected chi connectivity index (χ0v) is 60.2. The molecule has 582 valence electrons. The van der Waals surface area contributed by atoms with E-state index in [1.54, 1.807) is 77.8 Å². The molecular formula is C71H99N17O19. The highest BCUT2D eigenvalue weighted by molar-refractivity contribution is 5.99. The number of nitrogens with two attached hydrogens (primary N) is 1. The Morgan fingerprint density at radius 1 is 0.598 bits per heavy atom. The summed E-state index contributed by atoms with van der Waals surface area (Å²) in [6, 6.07) is 7.76. The standard InChI is InChI=1S/C71H99N17O19/c1-3-29-105-30-20-51-66(99)82-53(36-48-39-77-63-49(48)13-9-23-73-63)64(97)78-41-58(90)80-50(14-7-8-22-74-71(104)87-27-25-86(26-28-87)43-62(95)96)65(98)84-54(37-61(93)94)70(103)88-24-10-15-55(88)68(101)79-40-57(89)76-42-60(92)85(2)56(35-45-11-5-4-6-12-45)69(102)83-52(67(100)81-51)34-46-16-18-47(19-17-46)38-75-59(91)44-107-33-32-106-31-21-72/h4-6,9,11-13,16-19,23,39,50-56H,3,7-8,10,14-15,20-22,24-38,40-44,72H2,1-2H3,(H,73,77)(H,74,104)(H,75,91)(H,76,89)(H,78,97)(H,79,101)(H,80,90)(H,81,100)(H,82,99)(H,83,102)(H,84,98)(H,93,94)(H,95,96)/t50-,51-,52-,53-,54-,55+,56-/m0/s1. The predicted molar refractivity (Wildman–Crippen MR) is 383 cm³/mol. The van der Waals surface area contributed by atoms with Gasteiger partial charge < -0.3 is 103 Å². The van der Waals surface area contributed by atoms with E-state index in [0.717, 1.165) is 9.80 Å². The molecule has 3 aliphatic rings. The van der Waals surface area contributed by atoms with Gasteiger partial charge in [0.15, 0.2) is 0 Å². The second kappa shape index (κ2) is 43.7. The first-order valence-corrected chi connectivity index (χ1v) is 35.8. The average Bonchev–Trinajstić information content (AvgIpc) is 1.74. The summed E-state index contributed by atoms with van der Waals surface area (Å²) in [6.07, 6.45) is 2.41. The van der Waals surface area contributed by atoms with Gasteiger partial charge in [-0.1, -0.05) is 61.5 Å². The maximum absolute atomic E-state index is 15.2. The van der Waals surface area contributed by atoms with Gasteiger partial charge in [0.2, 0.25) is 65.0 Å². The van der Waals surface area contributed by atoms with Crippen LogP contribution in [0.5, 0.6) is 0 Å². The molecule has 13 amide bonds. The predicted octanol–water partition coefficient (Wildman–Crippen LogP) is -3.32. The molecule has 0 spiro atoms. The quantitative estimate of drug-likeness (QED) is 0.0237. The number of carboxylic acid groups (broad SMARTS) is 2. The van der Waals surface area contributed by atoms with Gasteiger partial charge in [0.1, 0.15) is 54.5 Å². The Morgan fingerprint density at radius 2 is 1.24 bits per heavy atom. The maximum atomic E-state index is 15.2. The number of aromatic amines is 1. The fourth-order valence-electron chi connectivity index (χ4n) is 12.2. The second-order valence-corrected chi connectivity index (χ2v) is 26.0. The summed E-state index contributed by atoms with van der Waals surface area (Å²) in [5.41, 5.74) is 8.10. The van der Waals surface area contributed by atoms with Crippen LogP contribution in [0.15, 0.2) is 79.1 Å². The topological polar surface area (TPSA) is 495 Å². The number of likely N-dealkylation sites (N-methyl/N-ethyl adjacent to an activating group) is 1. The van der Waals surface area contributed by atoms with Crippen molar-refractivity contribution in [3.63, 3.8) is 0 Å². The van der Waals surface area contributed by atoms with Crippen LogP contribution < -0.4 is 58.9 Å². The largest absolute Gasteiger partial charge is 0.481 e. The molecule has 36 heteroatoms. The normalized spacial score (nSPS) is 21.2. The number of hydrogen-bond donors (Lipinski definition) is 14. The number of carbonyl (C=O) groups is 14. The molecular weight excluding hydrogens is 1390 g/mol. The van der Waals surface area contributed by atoms with Gasteiger partial charge in [0, 0.05) is 110 Å². The van der Waals surface area contributed by atoms with Crippen LogP contribution in [0.25, 0.3) is 11.0 Å². The highest BCUT2D eigenvalue weighted by Crippen LogP contribution is 2.22. The Kier molecular flexibility index (Phi) is 34.1. The van der Waals surface area contributed by atoms with E-state index in [2.05, 4.69) is 63.1 Å². The Bertz CT molecular complexity index is 3690. The number of rotatable bonds is 29. The first-order chi connectivity index (χ1) is 51.5. The van der Waals surface area contributed by atoms with Crippen LogP contribution in [0.3, 0.4) is 0 Å². The van der Waals surface area contributed by atoms with Crippen LogP contribution in [0.4, 0.5) is 4.79 Å². The number of nitrogens with zero attached hydrogens (tertiary/aromatic N) is 5. The molecule has 7 rings (SSSR count). The maximum Gasteiger partial charge on any atom is 0.317 e. The molecule has 3 aliphatic heterocycles. The van der Waals surface area contributed by atoms with E-state index >= 15 is 14.4 Å². The van der Waals surface area contributed by atoms with Crippen LogP contribution >= 0.6 is 0 Å². The van der Waals surface area contributed by atoms with Gasteiger partial charge in [0.05, 0.1) is 52.4 Å². The number of urea groups is 1. The Balaban J connectivity index is 1.20. The van der Waals surface area contributed by atoms with Crippen molar-refractivity contribution in [1.82, 2.24) is 82.7 Å². The number of aliphatic carboxylic acids is 2. The average molecular weight is 1490 g/mol. The van der Waals surface area contributed by atoms with Crippen LogP contribution in [0, 0.1) is 0 Å². The smallest absolute Gasteiger partial charge is 0.317 e. The third kappa shape index (κ3) is 27.6.